The second-order valence-electron chi connectivity index (χ2n) is 13.6. The van der Waals surface area contributed by atoms with Gasteiger partial charge in [0.2, 0.25) is 23.6 Å². The first-order valence-corrected chi connectivity index (χ1v) is 16.4. The number of fused-ring (bicyclic) bond motifs is 4. The van der Waals surface area contributed by atoms with Crippen molar-refractivity contribution in [2.75, 3.05) is 12.4 Å². The maximum Gasteiger partial charge on any atom is 0.360 e. The van der Waals surface area contributed by atoms with Gasteiger partial charge in [-0.15, -0.1) is 0 Å². The van der Waals surface area contributed by atoms with Crippen LogP contribution >= 0.6 is 0 Å². The minimum Gasteiger partial charge on any atom is -0.469 e. The molecule has 0 saturated heterocycles. The van der Waals surface area contributed by atoms with Crippen molar-refractivity contribution in [1.82, 2.24) is 20.6 Å². The van der Waals surface area contributed by atoms with Gasteiger partial charge < -0.3 is 39.4 Å². The Hall–Kier alpha value is -5.17. The molecule has 13 heteroatoms. The minimum atomic E-state index is -1.27. The SMILES string of the molecule is COC(=O)c1nc(-c2nc3oc2C24c5ccccc5N[C@H]2Oc2ccc(cc24)C[C@H](NC(=O)[C@@H](O)CC(C)C)C(=O)N[C@H]3C(C)C)oc1C. The molecule has 256 valence electrons. The van der Waals surface area contributed by atoms with E-state index in [1.807, 2.05) is 70.2 Å². The third kappa shape index (κ3) is 5.23. The Labute approximate surface area is 282 Å². The fourth-order valence-corrected chi connectivity index (χ4v) is 7.05. The van der Waals surface area contributed by atoms with Crippen LogP contribution in [0.1, 0.15) is 84.7 Å². The van der Waals surface area contributed by atoms with Crippen LogP contribution in [0.2, 0.25) is 0 Å². The Morgan fingerprint density at radius 2 is 1.86 bits per heavy atom. The van der Waals surface area contributed by atoms with Crippen LogP contribution in [0.4, 0.5) is 5.69 Å². The molecule has 3 aliphatic heterocycles. The van der Waals surface area contributed by atoms with Gasteiger partial charge in [-0.25, -0.2) is 14.8 Å². The third-order valence-corrected chi connectivity index (χ3v) is 9.43. The van der Waals surface area contributed by atoms with Crippen molar-refractivity contribution in [3.8, 4) is 17.3 Å². The van der Waals surface area contributed by atoms with Gasteiger partial charge in [0.15, 0.2) is 23.4 Å². The number of ether oxygens (including phenoxy) is 2. The van der Waals surface area contributed by atoms with Crippen LogP contribution < -0.4 is 20.7 Å². The molecule has 0 aliphatic carbocycles. The summed E-state index contributed by atoms with van der Waals surface area (Å²) < 4.78 is 24.4. The predicted molar refractivity (Wildman–Crippen MR) is 176 cm³/mol. The minimum absolute atomic E-state index is 0.00206. The van der Waals surface area contributed by atoms with Crippen molar-refractivity contribution in [1.29, 1.82) is 0 Å². The Morgan fingerprint density at radius 1 is 1.08 bits per heavy atom. The van der Waals surface area contributed by atoms with Gasteiger partial charge in [-0.2, -0.15) is 0 Å². The van der Waals surface area contributed by atoms with Gasteiger partial charge in [-0.05, 0) is 48.4 Å². The maximum atomic E-state index is 14.0. The second-order valence-corrected chi connectivity index (χ2v) is 13.6. The zero-order valence-corrected chi connectivity index (χ0v) is 28.1. The molecule has 1 unspecified atom stereocenters. The van der Waals surface area contributed by atoms with Gasteiger partial charge in [0, 0.05) is 17.7 Å². The standard InChI is InChI=1S/C36H39N5O8/c1-16(2)13-24(42)31(44)37-23-15-19-11-12-25-21(14-19)36(20-9-7-8-10-22(20)38-35(36)48-25)29-28(33-40-27(18(5)47-33)34(45)46-6)41-32(49-29)26(17(3)4)39-30(23)43/h7-12,14,16-17,23-24,26,35,38,42H,13,15H2,1-6H3,(H,37,44)(H,39,43)/t23-,24-,26-,35-,36?/m0/s1. The molecule has 7 rings (SSSR count). The first-order valence-electron chi connectivity index (χ1n) is 16.4. The third-order valence-electron chi connectivity index (χ3n) is 9.43. The lowest BCUT2D eigenvalue weighted by atomic mass is 9.72. The summed E-state index contributed by atoms with van der Waals surface area (Å²) in [6, 6.07) is 11.7. The van der Waals surface area contributed by atoms with Crippen LogP contribution in [0.15, 0.2) is 51.3 Å². The molecular weight excluding hydrogens is 630 g/mol. The van der Waals surface area contributed by atoms with Gasteiger partial charge in [-0.3, -0.25) is 9.59 Å². The van der Waals surface area contributed by atoms with E-state index >= 15 is 0 Å². The Morgan fingerprint density at radius 3 is 2.59 bits per heavy atom. The van der Waals surface area contributed by atoms with E-state index in [1.54, 1.807) is 6.92 Å². The highest BCUT2D eigenvalue weighted by Gasteiger charge is 2.61. The number of anilines is 1. The fraction of sp³-hybridized carbons (Fsp3) is 0.417. The Kier molecular flexibility index (Phi) is 7.97. The monoisotopic (exact) mass is 669 g/mol. The molecule has 2 aromatic heterocycles. The van der Waals surface area contributed by atoms with E-state index in [1.165, 1.54) is 7.11 Å². The van der Waals surface area contributed by atoms with Crippen molar-refractivity contribution in [2.45, 2.75) is 77.3 Å². The number of benzene rings is 2. The molecule has 0 fully saturated rings. The fourth-order valence-electron chi connectivity index (χ4n) is 7.05. The normalized spacial score (nSPS) is 22.6. The number of nitrogens with one attached hydrogen (secondary N) is 3. The summed E-state index contributed by atoms with van der Waals surface area (Å²) >= 11 is 0. The average Bonchev–Trinajstić information content (AvgIpc) is 3.81. The quantitative estimate of drug-likeness (QED) is 0.208. The molecule has 4 N–H and O–H groups in total. The van der Waals surface area contributed by atoms with Crippen LogP contribution in [0.3, 0.4) is 0 Å². The molecule has 2 aromatic carbocycles. The topological polar surface area (TPSA) is 178 Å². The van der Waals surface area contributed by atoms with Gasteiger partial charge in [0.05, 0.1) is 7.11 Å². The molecule has 5 atom stereocenters. The van der Waals surface area contributed by atoms with Crippen LogP contribution in [-0.2, 0) is 26.2 Å². The lowest BCUT2D eigenvalue weighted by Crippen LogP contribution is -2.52. The van der Waals surface area contributed by atoms with E-state index in [9.17, 15) is 19.5 Å². The molecule has 2 amide bonds. The summed E-state index contributed by atoms with van der Waals surface area (Å²) in [6.45, 7) is 9.26. The van der Waals surface area contributed by atoms with Gasteiger partial charge >= 0.3 is 5.97 Å². The van der Waals surface area contributed by atoms with E-state index in [0.29, 0.717) is 11.5 Å². The Balaban J connectivity index is 1.46. The number of esters is 1. The predicted octanol–water partition coefficient (Wildman–Crippen LogP) is 4.16. The molecule has 0 radical (unpaired) electrons. The molecule has 1 spiro atoms. The van der Waals surface area contributed by atoms with E-state index in [2.05, 4.69) is 20.9 Å². The number of hydrogen-bond donors (Lipinski definition) is 4. The highest BCUT2D eigenvalue weighted by molar-refractivity contribution is 5.90. The molecule has 4 bridgehead atoms. The van der Waals surface area contributed by atoms with Gasteiger partial charge in [0.25, 0.3) is 0 Å². The van der Waals surface area contributed by atoms with Crippen molar-refractivity contribution in [3.63, 3.8) is 0 Å². The number of amides is 2. The van der Waals surface area contributed by atoms with Crippen molar-refractivity contribution < 1.29 is 37.8 Å². The van der Waals surface area contributed by atoms with Crippen molar-refractivity contribution >= 4 is 23.5 Å². The number of rotatable bonds is 7. The molecule has 49 heavy (non-hydrogen) atoms. The summed E-state index contributed by atoms with van der Waals surface area (Å²) in [6.07, 6.45) is -1.55. The number of carbonyl (C=O) groups is 3. The summed E-state index contributed by atoms with van der Waals surface area (Å²) in [5.74, 6) is -0.493. The van der Waals surface area contributed by atoms with Gasteiger partial charge in [-0.1, -0.05) is 58.0 Å². The van der Waals surface area contributed by atoms with Crippen molar-refractivity contribution in [2.24, 2.45) is 11.8 Å². The number of aliphatic hydroxyl groups excluding tert-OH is 1. The summed E-state index contributed by atoms with van der Waals surface area (Å²) in [4.78, 5) is 49.2. The molecule has 3 aliphatic rings. The number of para-hydroxylation sites is 1. The number of oxazole rings is 2. The first-order chi connectivity index (χ1) is 23.4. The molecule has 0 saturated carbocycles. The van der Waals surface area contributed by atoms with Crippen LogP contribution in [-0.4, -0.2) is 58.3 Å². The highest BCUT2D eigenvalue weighted by Crippen LogP contribution is 2.59. The number of hydrogen-bond acceptors (Lipinski definition) is 11. The zero-order valence-electron chi connectivity index (χ0n) is 28.1. The average molecular weight is 670 g/mol. The van der Waals surface area contributed by atoms with E-state index < -0.39 is 47.6 Å². The van der Waals surface area contributed by atoms with Crippen LogP contribution in [0.25, 0.3) is 11.6 Å². The number of carbonyl (C=O) groups excluding carboxylic acids is 3. The number of aliphatic hydroxyl groups is 1. The lowest BCUT2D eigenvalue weighted by Gasteiger charge is -2.29. The summed E-state index contributed by atoms with van der Waals surface area (Å²) in [5, 5.41) is 20.0. The van der Waals surface area contributed by atoms with E-state index in [-0.39, 0.29) is 53.6 Å². The van der Waals surface area contributed by atoms with E-state index in [4.69, 9.17) is 23.3 Å². The van der Waals surface area contributed by atoms with Gasteiger partial charge in [0.1, 0.15) is 35.1 Å². The molecular formula is C36H39N5O8. The van der Waals surface area contributed by atoms with Crippen LogP contribution in [0, 0.1) is 18.8 Å². The number of aryl methyl sites for hydroxylation is 1. The summed E-state index contributed by atoms with van der Waals surface area (Å²) in [5.41, 5.74) is 2.32. The Bertz CT molecular complexity index is 1960. The molecule has 13 nitrogen and oxygen atoms in total. The summed E-state index contributed by atoms with van der Waals surface area (Å²) in [7, 11) is 1.27. The smallest absolute Gasteiger partial charge is 0.360 e. The van der Waals surface area contributed by atoms with Crippen molar-refractivity contribution in [3.05, 3.63) is 82.3 Å². The molecule has 4 aromatic rings. The highest BCUT2D eigenvalue weighted by atomic mass is 16.5. The van der Waals surface area contributed by atoms with Crippen LogP contribution in [0.5, 0.6) is 5.75 Å². The largest absolute Gasteiger partial charge is 0.469 e. The second kappa shape index (κ2) is 12.1. The van der Waals surface area contributed by atoms with E-state index in [0.717, 1.165) is 22.4 Å². The number of methoxy groups -OCH3 is 1. The first kappa shape index (κ1) is 32.4. The number of aromatic nitrogens is 2. The maximum absolute atomic E-state index is 14.0. The molecule has 5 heterocycles. The zero-order chi connectivity index (χ0) is 34.8. The number of nitrogens with zero attached hydrogens (tertiary/aromatic N) is 2. The lowest BCUT2D eigenvalue weighted by molar-refractivity contribution is -0.135.